The van der Waals surface area contributed by atoms with Gasteiger partial charge < -0.3 is 20.4 Å². The zero-order chi connectivity index (χ0) is 22.3. The van der Waals surface area contributed by atoms with Gasteiger partial charge in [0.25, 0.3) is 0 Å². The molecule has 30 heavy (non-hydrogen) atoms. The predicted molar refractivity (Wildman–Crippen MR) is 119 cm³/mol. The predicted octanol–water partition coefficient (Wildman–Crippen LogP) is 2.13. The summed E-state index contributed by atoms with van der Waals surface area (Å²) in [7, 11) is 4.07. The molecule has 0 radical (unpaired) electrons. The minimum Gasteiger partial charge on any atom is -0.355 e. The fourth-order valence-corrected chi connectivity index (χ4v) is 3.97. The maximum atomic E-state index is 12.6. The van der Waals surface area contributed by atoms with Crippen LogP contribution in [-0.4, -0.2) is 67.8 Å². The van der Waals surface area contributed by atoms with Crippen molar-refractivity contribution in [2.45, 2.75) is 40.0 Å². The molecule has 1 aromatic rings. The molecule has 0 aromatic heterocycles. The second-order valence-corrected chi connectivity index (χ2v) is 9.33. The maximum Gasteiger partial charge on any atom is 0.226 e. The maximum absolute atomic E-state index is 12.6. The third-order valence-electron chi connectivity index (χ3n) is 5.33. The highest BCUT2D eigenvalue weighted by molar-refractivity contribution is 5.88. The molecule has 1 saturated heterocycles. The van der Waals surface area contributed by atoms with Crippen LogP contribution >= 0.6 is 0 Å². The molecule has 2 rings (SSSR count). The van der Waals surface area contributed by atoms with Crippen LogP contribution in [0.25, 0.3) is 0 Å². The monoisotopic (exact) mass is 416 g/mol. The molecule has 0 atom stereocenters. The van der Waals surface area contributed by atoms with Gasteiger partial charge in [0, 0.05) is 44.7 Å². The first kappa shape index (κ1) is 23.9. The zero-order valence-electron chi connectivity index (χ0n) is 19.0. The average Bonchev–Trinajstić information content (AvgIpc) is 2.66. The van der Waals surface area contributed by atoms with E-state index in [0.29, 0.717) is 38.9 Å². The zero-order valence-corrected chi connectivity index (χ0v) is 19.0. The lowest BCUT2D eigenvalue weighted by atomic mass is 9.91. The lowest BCUT2D eigenvalue weighted by molar-refractivity contribution is -0.135. The summed E-state index contributed by atoms with van der Waals surface area (Å²) in [5.41, 5.74) is 1.65. The molecule has 0 spiro atoms. The number of likely N-dealkylation sites (tertiary alicyclic amines) is 1. The van der Waals surface area contributed by atoms with Crippen molar-refractivity contribution < 1.29 is 14.4 Å². The number of nitrogens with one attached hydrogen (secondary N) is 2. The second-order valence-electron chi connectivity index (χ2n) is 9.33. The smallest absolute Gasteiger partial charge is 0.226 e. The Labute approximate surface area is 180 Å². The molecule has 0 saturated carbocycles. The van der Waals surface area contributed by atoms with Crippen LogP contribution in [0.4, 0.5) is 5.69 Å². The van der Waals surface area contributed by atoms with E-state index in [4.69, 9.17) is 0 Å². The largest absolute Gasteiger partial charge is 0.355 e. The molecule has 7 heteroatoms. The number of rotatable bonds is 8. The van der Waals surface area contributed by atoms with Gasteiger partial charge in [0.2, 0.25) is 17.7 Å². The van der Waals surface area contributed by atoms with Crippen LogP contribution in [-0.2, 0) is 20.8 Å². The fraction of sp³-hybridized carbons (Fsp3) is 0.609. The molecule has 3 amide bonds. The Bertz CT molecular complexity index is 735. The van der Waals surface area contributed by atoms with Crippen molar-refractivity contribution in [3.8, 4) is 0 Å². The van der Waals surface area contributed by atoms with Crippen molar-refractivity contribution >= 4 is 23.4 Å². The second kappa shape index (κ2) is 10.6. The van der Waals surface area contributed by atoms with Gasteiger partial charge in [-0.25, -0.2) is 0 Å². The van der Waals surface area contributed by atoms with Crippen LogP contribution in [0.15, 0.2) is 24.3 Å². The molecule has 7 nitrogen and oxygen atoms in total. The molecule has 1 aliphatic rings. The van der Waals surface area contributed by atoms with Crippen LogP contribution in [0.1, 0.15) is 39.2 Å². The summed E-state index contributed by atoms with van der Waals surface area (Å²) < 4.78 is 0. The van der Waals surface area contributed by atoms with Crippen molar-refractivity contribution in [1.29, 1.82) is 0 Å². The van der Waals surface area contributed by atoms with Crippen molar-refractivity contribution in [3.63, 3.8) is 0 Å². The number of anilines is 1. The number of hydrogen-bond donors (Lipinski definition) is 2. The van der Waals surface area contributed by atoms with E-state index in [1.54, 1.807) is 12.1 Å². The van der Waals surface area contributed by atoms with E-state index >= 15 is 0 Å². The van der Waals surface area contributed by atoms with Crippen molar-refractivity contribution in [1.82, 2.24) is 15.1 Å². The molecule has 1 aliphatic heterocycles. The molecule has 0 bridgehead atoms. The molecule has 1 heterocycles. The first-order chi connectivity index (χ1) is 14.1. The molecular formula is C23H36N4O3. The lowest BCUT2D eigenvalue weighted by Crippen LogP contribution is -2.46. The van der Waals surface area contributed by atoms with Crippen LogP contribution < -0.4 is 10.6 Å². The van der Waals surface area contributed by atoms with E-state index in [0.717, 1.165) is 17.8 Å². The Morgan fingerprint density at radius 1 is 1.10 bits per heavy atom. The highest BCUT2D eigenvalue weighted by Gasteiger charge is 2.28. The van der Waals surface area contributed by atoms with E-state index in [1.165, 1.54) is 6.92 Å². The molecule has 0 unspecified atom stereocenters. The molecule has 166 valence electrons. The van der Waals surface area contributed by atoms with Crippen LogP contribution in [0, 0.1) is 11.3 Å². The Balaban J connectivity index is 1.77. The van der Waals surface area contributed by atoms with Gasteiger partial charge in [-0.2, -0.15) is 0 Å². The summed E-state index contributed by atoms with van der Waals surface area (Å²) in [5, 5.41) is 5.82. The molecule has 1 fully saturated rings. The third kappa shape index (κ3) is 7.78. The van der Waals surface area contributed by atoms with Gasteiger partial charge in [-0.15, -0.1) is 0 Å². The lowest BCUT2D eigenvalue weighted by Gasteiger charge is -2.33. The number of benzene rings is 1. The minimum absolute atomic E-state index is 0.0192. The van der Waals surface area contributed by atoms with Gasteiger partial charge in [-0.05, 0) is 50.0 Å². The Morgan fingerprint density at radius 3 is 2.23 bits per heavy atom. The van der Waals surface area contributed by atoms with E-state index in [2.05, 4.69) is 29.4 Å². The van der Waals surface area contributed by atoms with Crippen LogP contribution in [0.2, 0.25) is 0 Å². The highest BCUT2D eigenvalue weighted by atomic mass is 16.2. The van der Waals surface area contributed by atoms with Crippen molar-refractivity contribution in [2.75, 3.05) is 45.6 Å². The van der Waals surface area contributed by atoms with Crippen LogP contribution in [0.3, 0.4) is 0 Å². The first-order valence-corrected chi connectivity index (χ1v) is 10.6. The van der Waals surface area contributed by atoms with E-state index in [-0.39, 0.29) is 29.1 Å². The van der Waals surface area contributed by atoms with Gasteiger partial charge in [-0.3, -0.25) is 14.4 Å². The normalized spacial score (nSPS) is 15.2. The van der Waals surface area contributed by atoms with Gasteiger partial charge in [0.05, 0.1) is 6.42 Å². The number of piperidine rings is 1. The number of carbonyl (C=O) groups excluding carboxylic acids is 3. The fourth-order valence-electron chi connectivity index (χ4n) is 3.97. The Kier molecular flexibility index (Phi) is 8.41. The summed E-state index contributed by atoms with van der Waals surface area (Å²) >= 11 is 0. The molecule has 0 aliphatic carbocycles. The van der Waals surface area contributed by atoms with Gasteiger partial charge in [0.15, 0.2) is 0 Å². The molecular weight excluding hydrogens is 380 g/mol. The van der Waals surface area contributed by atoms with Gasteiger partial charge in [0.1, 0.15) is 0 Å². The minimum atomic E-state index is -0.119. The molecule has 2 N–H and O–H groups in total. The summed E-state index contributed by atoms with van der Waals surface area (Å²) in [5.74, 6) is 0.0314. The number of carbonyl (C=O) groups is 3. The van der Waals surface area contributed by atoms with E-state index < -0.39 is 0 Å². The quantitative estimate of drug-likeness (QED) is 0.680. The Morgan fingerprint density at radius 2 is 1.70 bits per heavy atom. The summed E-state index contributed by atoms with van der Waals surface area (Å²) in [6, 6.07) is 7.33. The highest BCUT2D eigenvalue weighted by Crippen LogP contribution is 2.20. The van der Waals surface area contributed by atoms with Crippen molar-refractivity contribution in [3.05, 3.63) is 29.8 Å². The van der Waals surface area contributed by atoms with Crippen molar-refractivity contribution in [2.24, 2.45) is 11.3 Å². The number of nitrogens with zero attached hydrogens (tertiary/aromatic N) is 2. The SMILES string of the molecule is CC(=O)Nc1ccc(CC(=O)N2CCC(C(=O)NCC(C)(C)CN(C)C)CC2)cc1. The standard InChI is InChI=1S/C23H36N4O3/c1-17(28)25-20-8-6-18(7-9-20)14-21(29)27-12-10-19(11-13-27)22(30)24-15-23(2,3)16-26(4)5/h6-9,19H,10-16H2,1-5H3,(H,24,30)(H,25,28). The number of amides is 3. The average molecular weight is 417 g/mol. The topological polar surface area (TPSA) is 81.8 Å². The van der Waals surface area contributed by atoms with E-state index in [1.807, 2.05) is 31.1 Å². The van der Waals surface area contributed by atoms with Crippen LogP contribution in [0.5, 0.6) is 0 Å². The summed E-state index contributed by atoms with van der Waals surface area (Å²) in [4.78, 5) is 40.2. The van der Waals surface area contributed by atoms with Gasteiger partial charge in [-0.1, -0.05) is 26.0 Å². The molecule has 1 aromatic carbocycles. The number of hydrogen-bond acceptors (Lipinski definition) is 4. The van der Waals surface area contributed by atoms with E-state index in [9.17, 15) is 14.4 Å². The third-order valence-corrected chi connectivity index (χ3v) is 5.33. The summed E-state index contributed by atoms with van der Waals surface area (Å²) in [6.45, 7) is 8.55. The van der Waals surface area contributed by atoms with Gasteiger partial charge >= 0.3 is 0 Å². The first-order valence-electron chi connectivity index (χ1n) is 10.6. The summed E-state index contributed by atoms with van der Waals surface area (Å²) in [6.07, 6.45) is 1.73. The Hall–Kier alpha value is -2.41.